The SMILES string of the molecule is CC1CCCC(C)N1C(=O)NCc1ccc(N2C(=O)C3C4C=CC(CC4)C3C2=O)cc1. The van der Waals surface area contributed by atoms with Crippen LogP contribution in [0.2, 0.25) is 0 Å². The van der Waals surface area contributed by atoms with Gasteiger partial charge in [-0.3, -0.25) is 14.5 Å². The number of hydrogen-bond acceptors (Lipinski definition) is 3. The third-order valence-corrected chi connectivity index (χ3v) is 7.83. The van der Waals surface area contributed by atoms with Crippen LogP contribution in [-0.2, 0) is 16.1 Å². The van der Waals surface area contributed by atoms with E-state index in [1.165, 1.54) is 11.3 Å². The van der Waals surface area contributed by atoms with E-state index in [0.717, 1.165) is 31.2 Å². The summed E-state index contributed by atoms with van der Waals surface area (Å²) in [5.74, 6) is -0.0881. The quantitative estimate of drug-likeness (QED) is 0.595. The summed E-state index contributed by atoms with van der Waals surface area (Å²) in [6.45, 7) is 4.64. The summed E-state index contributed by atoms with van der Waals surface area (Å²) in [7, 11) is 0. The minimum absolute atomic E-state index is 0.0271. The van der Waals surface area contributed by atoms with Crippen molar-refractivity contribution >= 4 is 23.5 Å². The summed E-state index contributed by atoms with van der Waals surface area (Å²) >= 11 is 0. The molecule has 0 spiro atoms. The molecular weight excluding hydrogens is 390 g/mol. The summed E-state index contributed by atoms with van der Waals surface area (Å²) in [5, 5.41) is 3.03. The van der Waals surface area contributed by atoms with Gasteiger partial charge in [0.25, 0.3) is 0 Å². The lowest BCUT2D eigenvalue weighted by Crippen LogP contribution is -2.51. The lowest BCUT2D eigenvalue weighted by Gasteiger charge is -2.38. The molecule has 6 rings (SSSR count). The number of nitrogens with one attached hydrogen (secondary N) is 1. The maximum absolute atomic E-state index is 13.1. The van der Waals surface area contributed by atoms with Crippen molar-refractivity contribution in [2.75, 3.05) is 4.90 Å². The highest BCUT2D eigenvalue weighted by Gasteiger charge is 2.56. The van der Waals surface area contributed by atoms with Crippen molar-refractivity contribution in [1.82, 2.24) is 10.2 Å². The number of amides is 4. The molecule has 6 unspecified atom stereocenters. The number of nitrogens with zero attached hydrogens (tertiary/aromatic N) is 2. The first-order valence-electron chi connectivity index (χ1n) is 11.7. The van der Waals surface area contributed by atoms with Crippen LogP contribution in [0.25, 0.3) is 0 Å². The Morgan fingerprint density at radius 2 is 1.45 bits per heavy atom. The fourth-order valence-electron chi connectivity index (χ4n) is 6.18. The third-order valence-electron chi connectivity index (χ3n) is 7.83. The third kappa shape index (κ3) is 3.36. The molecule has 0 radical (unpaired) electrons. The fourth-order valence-corrected chi connectivity index (χ4v) is 6.18. The van der Waals surface area contributed by atoms with Gasteiger partial charge in [-0.05, 0) is 75.5 Å². The van der Waals surface area contributed by atoms with E-state index >= 15 is 0 Å². The summed E-state index contributed by atoms with van der Waals surface area (Å²) < 4.78 is 0. The Labute approximate surface area is 183 Å². The second kappa shape index (κ2) is 7.81. The number of hydrogen-bond donors (Lipinski definition) is 1. The molecule has 6 atom stereocenters. The lowest BCUT2D eigenvalue weighted by molar-refractivity contribution is -0.124. The molecule has 4 amide bonds. The van der Waals surface area contributed by atoms with Crippen LogP contribution in [-0.4, -0.2) is 34.8 Å². The van der Waals surface area contributed by atoms with Gasteiger partial charge in [-0.2, -0.15) is 0 Å². The number of allylic oxidation sites excluding steroid dienone is 2. The van der Waals surface area contributed by atoms with Gasteiger partial charge in [-0.15, -0.1) is 0 Å². The summed E-state index contributed by atoms with van der Waals surface area (Å²) in [4.78, 5) is 42.2. The number of imide groups is 1. The number of likely N-dealkylation sites (tertiary alicyclic amines) is 1. The molecule has 1 N–H and O–H groups in total. The van der Waals surface area contributed by atoms with Gasteiger partial charge in [-0.1, -0.05) is 24.3 Å². The van der Waals surface area contributed by atoms with Gasteiger partial charge in [0, 0.05) is 18.6 Å². The van der Waals surface area contributed by atoms with Crippen LogP contribution in [0.1, 0.15) is 51.5 Å². The Hall–Kier alpha value is -2.63. The highest BCUT2D eigenvalue weighted by molar-refractivity contribution is 6.22. The van der Waals surface area contributed by atoms with Gasteiger partial charge in [0.2, 0.25) is 11.8 Å². The zero-order valence-corrected chi connectivity index (χ0v) is 18.3. The molecule has 3 fully saturated rings. The Balaban J connectivity index is 1.25. The second-order valence-electron chi connectivity index (χ2n) is 9.71. The van der Waals surface area contributed by atoms with E-state index in [4.69, 9.17) is 0 Å². The van der Waals surface area contributed by atoms with Crippen LogP contribution in [0.4, 0.5) is 10.5 Å². The van der Waals surface area contributed by atoms with E-state index in [0.29, 0.717) is 12.2 Å². The molecule has 2 aliphatic heterocycles. The first-order chi connectivity index (χ1) is 15.0. The van der Waals surface area contributed by atoms with Crippen molar-refractivity contribution in [1.29, 1.82) is 0 Å². The summed E-state index contributed by atoms with van der Waals surface area (Å²) in [5.41, 5.74) is 1.59. The number of benzene rings is 1. The molecular formula is C25H31N3O3. The number of rotatable bonds is 3. The fraction of sp³-hybridized carbons (Fsp3) is 0.560. The number of carbonyl (C=O) groups is 3. The van der Waals surface area contributed by atoms with Crippen molar-refractivity contribution in [3.05, 3.63) is 42.0 Å². The van der Waals surface area contributed by atoms with Crippen LogP contribution in [0, 0.1) is 23.7 Å². The molecule has 6 nitrogen and oxygen atoms in total. The number of anilines is 1. The molecule has 2 saturated heterocycles. The van der Waals surface area contributed by atoms with E-state index in [-0.39, 0.29) is 53.6 Å². The zero-order valence-electron chi connectivity index (χ0n) is 18.3. The molecule has 5 aliphatic rings. The maximum Gasteiger partial charge on any atom is 0.318 e. The van der Waals surface area contributed by atoms with Gasteiger partial charge < -0.3 is 10.2 Å². The van der Waals surface area contributed by atoms with Crippen molar-refractivity contribution in [3.63, 3.8) is 0 Å². The predicted molar refractivity (Wildman–Crippen MR) is 118 cm³/mol. The monoisotopic (exact) mass is 421 g/mol. The van der Waals surface area contributed by atoms with Crippen LogP contribution >= 0.6 is 0 Å². The standard InChI is InChI=1S/C25H31N3O3/c1-15-4-3-5-16(2)27(15)25(31)26-14-17-6-12-20(13-7-17)28-23(29)21-18-8-9-19(11-10-18)22(21)24(28)30/h6-9,12-13,15-16,18-19,21-22H,3-5,10-11,14H2,1-2H3,(H,26,31). The smallest absolute Gasteiger partial charge is 0.318 e. The van der Waals surface area contributed by atoms with Gasteiger partial charge >= 0.3 is 6.03 Å². The van der Waals surface area contributed by atoms with Crippen LogP contribution in [0.15, 0.2) is 36.4 Å². The highest BCUT2D eigenvalue weighted by atomic mass is 16.2. The highest BCUT2D eigenvalue weighted by Crippen LogP contribution is 2.50. The molecule has 1 saturated carbocycles. The van der Waals surface area contributed by atoms with E-state index < -0.39 is 0 Å². The molecule has 2 bridgehead atoms. The van der Waals surface area contributed by atoms with Crippen molar-refractivity contribution in [2.24, 2.45) is 23.7 Å². The number of urea groups is 1. The topological polar surface area (TPSA) is 69.7 Å². The average molecular weight is 422 g/mol. The number of fused-ring (bicyclic) bond motifs is 1. The van der Waals surface area contributed by atoms with Gasteiger partial charge in [0.05, 0.1) is 17.5 Å². The first kappa shape index (κ1) is 20.3. The Bertz CT molecular complexity index is 882. The molecule has 31 heavy (non-hydrogen) atoms. The molecule has 3 aliphatic carbocycles. The van der Waals surface area contributed by atoms with E-state index in [1.54, 1.807) is 0 Å². The minimum atomic E-state index is -0.191. The summed E-state index contributed by atoms with van der Waals surface area (Å²) in [6, 6.07) is 7.94. The molecule has 1 aromatic carbocycles. The molecule has 164 valence electrons. The molecule has 2 heterocycles. The molecule has 0 aromatic heterocycles. The number of piperidine rings is 1. The second-order valence-corrected chi connectivity index (χ2v) is 9.71. The maximum atomic E-state index is 13.1. The largest absolute Gasteiger partial charge is 0.334 e. The number of carbonyl (C=O) groups excluding carboxylic acids is 3. The van der Waals surface area contributed by atoms with Gasteiger partial charge in [-0.25, -0.2) is 4.79 Å². The Morgan fingerprint density at radius 3 is 1.97 bits per heavy atom. The predicted octanol–water partition coefficient (Wildman–Crippen LogP) is 3.86. The van der Waals surface area contributed by atoms with Crippen LogP contribution in [0.3, 0.4) is 0 Å². The van der Waals surface area contributed by atoms with Crippen molar-refractivity contribution in [2.45, 2.75) is 64.6 Å². The average Bonchev–Trinajstić information content (AvgIpc) is 3.06. The van der Waals surface area contributed by atoms with E-state index in [1.807, 2.05) is 29.2 Å². The first-order valence-corrected chi connectivity index (χ1v) is 11.7. The van der Waals surface area contributed by atoms with Gasteiger partial charge in [0.15, 0.2) is 0 Å². The Kier molecular flexibility index (Phi) is 5.11. The minimum Gasteiger partial charge on any atom is -0.334 e. The van der Waals surface area contributed by atoms with Crippen molar-refractivity contribution < 1.29 is 14.4 Å². The molecule has 1 aromatic rings. The van der Waals surface area contributed by atoms with Crippen molar-refractivity contribution in [3.8, 4) is 0 Å². The Morgan fingerprint density at radius 1 is 0.903 bits per heavy atom. The van der Waals surface area contributed by atoms with Gasteiger partial charge in [0.1, 0.15) is 0 Å². The normalized spacial score (nSPS) is 34.3. The van der Waals surface area contributed by atoms with Crippen LogP contribution in [0.5, 0.6) is 0 Å². The molecule has 6 heteroatoms. The summed E-state index contributed by atoms with van der Waals surface area (Å²) in [6.07, 6.45) is 9.54. The van der Waals surface area contributed by atoms with E-state index in [2.05, 4.69) is 31.3 Å². The van der Waals surface area contributed by atoms with Crippen LogP contribution < -0.4 is 10.2 Å². The van der Waals surface area contributed by atoms with E-state index in [9.17, 15) is 14.4 Å². The zero-order chi connectivity index (χ0) is 21.7. The lowest BCUT2D eigenvalue weighted by atomic mass is 9.63.